The number of rotatable bonds is 5. The number of carboxylic acids is 1. The number of ether oxygens (including phenoxy) is 1. The van der Waals surface area contributed by atoms with E-state index in [9.17, 15) is 9.59 Å². The normalized spacial score (nSPS) is 12.8. The van der Waals surface area contributed by atoms with E-state index in [1.165, 1.54) is 7.11 Å². The third kappa shape index (κ3) is 4.31. The number of nitrogens with one attached hydrogen (secondary N) is 1. The van der Waals surface area contributed by atoms with Gasteiger partial charge in [-0.3, -0.25) is 9.78 Å². The quantitative estimate of drug-likeness (QED) is 0.846. The van der Waals surface area contributed by atoms with Crippen molar-refractivity contribution in [3.63, 3.8) is 0 Å². The molecule has 1 atom stereocenters. The Bertz CT molecular complexity index is 477. The van der Waals surface area contributed by atoms with Crippen molar-refractivity contribution in [1.29, 1.82) is 0 Å². The summed E-state index contributed by atoms with van der Waals surface area (Å²) in [5.74, 6) is -1.68. The first-order valence-corrected chi connectivity index (χ1v) is 6.25. The van der Waals surface area contributed by atoms with Gasteiger partial charge in [0.1, 0.15) is 5.69 Å². The summed E-state index contributed by atoms with van der Waals surface area (Å²) in [7, 11) is 1.37. The number of carbonyl (C=O) groups is 2. The van der Waals surface area contributed by atoms with Crippen LogP contribution < -0.4 is 5.32 Å². The van der Waals surface area contributed by atoms with Gasteiger partial charge in [0.25, 0.3) is 5.91 Å². The summed E-state index contributed by atoms with van der Waals surface area (Å²) in [6.45, 7) is 6.04. The van der Waals surface area contributed by atoms with E-state index in [0.29, 0.717) is 0 Å². The smallest absolute Gasteiger partial charge is 0.328 e. The summed E-state index contributed by atoms with van der Waals surface area (Å²) in [5.41, 5.74) is 1.13. The van der Waals surface area contributed by atoms with Gasteiger partial charge in [-0.15, -0.1) is 0 Å². The van der Waals surface area contributed by atoms with E-state index in [0.717, 1.165) is 5.56 Å². The molecule has 1 rings (SSSR count). The van der Waals surface area contributed by atoms with Gasteiger partial charge >= 0.3 is 5.97 Å². The Morgan fingerprint density at radius 1 is 1.40 bits per heavy atom. The highest BCUT2D eigenvalue weighted by molar-refractivity contribution is 5.94. The van der Waals surface area contributed by atoms with Gasteiger partial charge in [0.15, 0.2) is 6.04 Å². The summed E-state index contributed by atoms with van der Waals surface area (Å²) in [4.78, 5) is 26.9. The predicted octanol–water partition coefficient (Wildman–Crippen LogP) is 1.21. The second-order valence-corrected chi connectivity index (χ2v) is 5.50. The van der Waals surface area contributed by atoms with Crippen molar-refractivity contribution in [2.75, 3.05) is 13.7 Å². The maximum Gasteiger partial charge on any atom is 0.328 e. The standard InChI is InChI=1S/C14H20N2O4/c1-14(2,3)9-5-6-10(15-7-9)12(17)16-11(8-20-4)13(18)19/h5-7,11H,8H2,1-4H3,(H,16,17)(H,18,19). The average Bonchev–Trinajstić information content (AvgIpc) is 2.37. The van der Waals surface area contributed by atoms with Crippen LogP contribution in [-0.4, -0.2) is 41.7 Å². The van der Waals surface area contributed by atoms with Crippen LogP contribution in [0.15, 0.2) is 18.3 Å². The topological polar surface area (TPSA) is 88.5 Å². The molecule has 0 aliphatic rings. The van der Waals surface area contributed by atoms with E-state index in [4.69, 9.17) is 9.84 Å². The number of hydrogen-bond donors (Lipinski definition) is 2. The van der Waals surface area contributed by atoms with Gasteiger partial charge in [0.05, 0.1) is 6.61 Å². The lowest BCUT2D eigenvalue weighted by atomic mass is 9.88. The molecule has 1 amide bonds. The van der Waals surface area contributed by atoms with Crippen LogP contribution in [0.1, 0.15) is 36.8 Å². The average molecular weight is 280 g/mol. The van der Waals surface area contributed by atoms with E-state index in [-0.39, 0.29) is 17.7 Å². The highest BCUT2D eigenvalue weighted by atomic mass is 16.5. The van der Waals surface area contributed by atoms with Gasteiger partial charge < -0.3 is 15.2 Å². The van der Waals surface area contributed by atoms with Gasteiger partial charge in [-0.25, -0.2) is 4.79 Å². The molecular weight excluding hydrogens is 260 g/mol. The molecule has 0 aliphatic heterocycles. The number of aromatic nitrogens is 1. The molecule has 0 fully saturated rings. The highest BCUT2D eigenvalue weighted by Crippen LogP contribution is 2.20. The van der Waals surface area contributed by atoms with Crippen LogP contribution in [0, 0.1) is 0 Å². The summed E-state index contributed by atoms with van der Waals surface area (Å²) in [6, 6.07) is 2.31. The lowest BCUT2D eigenvalue weighted by Gasteiger charge is -2.18. The van der Waals surface area contributed by atoms with Gasteiger partial charge in [-0.2, -0.15) is 0 Å². The SMILES string of the molecule is COCC(NC(=O)c1ccc(C(C)(C)C)cn1)C(=O)O. The van der Waals surface area contributed by atoms with Crippen molar-refractivity contribution in [2.45, 2.75) is 32.2 Å². The predicted molar refractivity (Wildman–Crippen MR) is 73.7 cm³/mol. The molecule has 0 saturated heterocycles. The largest absolute Gasteiger partial charge is 0.480 e. The van der Waals surface area contributed by atoms with E-state index >= 15 is 0 Å². The summed E-state index contributed by atoms with van der Waals surface area (Å²) in [6.07, 6.45) is 1.63. The van der Waals surface area contributed by atoms with Crippen molar-refractivity contribution < 1.29 is 19.4 Å². The summed E-state index contributed by atoms with van der Waals surface area (Å²) >= 11 is 0. The van der Waals surface area contributed by atoms with Crippen molar-refractivity contribution in [2.24, 2.45) is 0 Å². The Kier molecular flexibility index (Phi) is 5.21. The minimum atomic E-state index is -1.15. The molecule has 0 spiro atoms. The number of carbonyl (C=O) groups excluding carboxylic acids is 1. The summed E-state index contributed by atoms with van der Waals surface area (Å²) in [5, 5.41) is 11.3. The number of hydrogen-bond acceptors (Lipinski definition) is 4. The number of amides is 1. The molecule has 1 aromatic rings. The number of pyridine rings is 1. The Labute approximate surface area is 118 Å². The van der Waals surface area contributed by atoms with Crippen molar-refractivity contribution >= 4 is 11.9 Å². The van der Waals surface area contributed by atoms with E-state index < -0.39 is 17.9 Å². The van der Waals surface area contributed by atoms with Crippen molar-refractivity contribution in [1.82, 2.24) is 10.3 Å². The molecule has 1 heterocycles. The molecule has 0 aromatic carbocycles. The molecule has 110 valence electrons. The van der Waals surface area contributed by atoms with Crippen LogP contribution in [0.4, 0.5) is 0 Å². The fourth-order valence-electron chi connectivity index (χ4n) is 1.55. The van der Waals surface area contributed by atoms with Gasteiger partial charge in [-0.1, -0.05) is 26.8 Å². The second-order valence-electron chi connectivity index (χ2n) is 5.50. The lowest BCUT2D eigenvalue weighted by Crippen LogP contribution is -2.44. The van der Waals surface area contributed by atoms with Crippen LogP contribution in [0.5, 0.6) is 0 Å². The molecule has 6 nitrogen and oxygen atoms in total. The fourth-order valence-corrected chi connectivity index (χ4v) is 1.55. The lowest BCUT2D eigenvalue weighted by molar-refractivity contribution is -0.140. The maximum atomic E-state index is 11.9. The van der Waals surface area contributed by atoms with Crippen LogP contribution in [0.25, 0.3) is 0 Å². The van der Waals surface area contributed by atoms with Crippen molar-refractivity contribution in [3.8, 4) is 0 Å². The molecule has 6 heteroatoms. The molecule has 20 heavy (non-hydrogen) atoms. The number of carboxylic acid groups (broad SMARTS) is 1. The zero-order chi connectivity index (χ0) is 15.3. The van der Waals surface area contributed by atoms with Crippen LogP contribution in [0.3, 0.4) is 0 Å². The molecule has 1 aromatic heterocycles. The molecular formula is C14H20N2O4. The van der Waals surface area contributed by atoms with Crippen LogP contribution in [0.2, 0.25) is 0 Å². The van der Waals surface area contributed by atoms with Crippen LogP contribution in [-0.2, 0) is 14.9 Å². The first-order chi connectivity index (χ1) is 9.25. The molecule has 2 N–H and O–H groups in total. The molecule has 0 aliphatic carbocycles. The van der Waals surface area contributed by atoms with Gasteiger partial charge in [-0.05, 0) is 17.0 Å². The van der Waals surface area contributed by atoms with Crippen LogP contribution >= 0.6 is 0 Å². The van der Waals surface area contributed by atoms with E-state index in [1.807, 2.05) is 26.8 Å². The minimum Gasteiger partial charge on any atom is -0.480 e. The Morgan fingerprint density at radius 3 is 2.45 bits per heavy atom. The van der Waals surface area contributed by atoms with Crippen molar-refractivity contribution in [3.05, 3.63) is 29.6 Å². The molecule has 1 unspecified atom stereocenters. The second kappa shape index (κ2) is 6.47. The van der Waals surface area contributed by atoms with Gasteiger partial charge in [0, 0.05) is 13.3 Å². The zero-order valence-corrected chi connectivity index (χ0v) is 12.1. The van der Waals surface area contributed by atoms with E-state index in [2.05, 4.69) is 10.3 Å². The molecule has 0 bridgehead atoms. The first-order valence-electron chi connectivity index (χ1n) is 6.25. The van der Waals surface area contributed by atoms with E-state index in [1.54, 1.807) is 12.3 Å². The Hall–Kier alpha value is -1.95. The maximum absolute atomic E-state index is 11.9. The third-order valence-electron chi connectivity index (χ3n) is 2.80. The Morgan fingerprint density at radius 2 is 2.05 bits per heavy atom. The third-order valence-corrected chi connectivity index (χ3v) is 2.80. The minimum absolute atomic E-state index is 0.0539. The molecule has 0 radical (unpaired) electrons. The number of methoxy groups -OCH3 is 1. The molecule has 0 saturated carbocycles. The number of nitrogens with zero attached hydrogens (tertiary/aromatic N) is 1. The van der Waals surface area contributed by atoms with Gasteiger partial charge in [0.2, 0.25) is 0 Å². The monoisotopic (exact) mass is 280 g/mol. The highest BCUT2D eigenvalue weighted by Gasteiger charge is 2.21. The zero-order valence-electron chi connectivity index (χ0n) is 12.1. The summed E-state index contributed by atoms with van der Waals surface area (Å²) < 4.78 is 4.75. The number of aliphatic carboxylic acids is 1. The fraction of sp³-hybridized carbons (Fsp3) is 0.500. The first kappa shape index (κ1) is 16.1. The Balaban J connectivity index is 2.80.